The molecule has 1 fully saturated rings. The Balaban J connectivity index is 1.45. The summed E-state index contributed by atoms with van der Waals surface area (Å²) in [6.07, 6.45) is 4.09. The number of hydrogen-bond donors (Lipinski definition) is 1. The Morgan fingerprint density at radius 2 is 1.70 bits per heavy atom. The third-order valence-corrected chi connectivity index (χ3v) is 8.39. The largest absolute Gasteiger partial charge is 0.508 e. The van der Waals surface area contributed by atoms with Gasteiger partial charge in [-0.15, -0.1) is 0 Å². The fourth-order valence-corrected chi connectivity index (χ4v) is 6.59. The Morgan fingerprint density at radius 3 is 2.43 bits per heavy atom. The number of carbonyl (C=O) groups is 4. The van der Waals surface area contributed by atoms with Gasteiger partial charge in [-0.25, -0.2) is 0 Å². The van der Waals surface area contributed by atoms with Crippen LogP contribution in [-0.4, -0.2) is 33.4 Å². The van der Waals surface area contributed by atoms with Crippen LogP contribution < -0.4 is 0 Å². The summed E-state index contributed by atoms with van der Waals surface area (Å²) in [5.41, 5.74) is 4.58. The number of imide groups is 1. The lowest BCUT2D eigenvalue weighted by Crippen LogP contribution is -2.39. The van der Waals surface area contributed by atoms with E-state index in [9.17, 15) is 24.3 Å². The van der Waals surface area contributed by atoms with Crippen molar-refractivity contribution in [1.82, 2.24) is 4.90 Å². The van der Waals surface area contributed by atoms with E-state index in [1.807, 2.05) is 42.5 Å². The summed E-state index contributed by atoms with van der Waals surface area (Å²) in [5.74, 6) is -2.48. The number of hydrogen-bond acceptors (Lipinski definition) is 5. The lowest BCUT2D eigenvalue weighted by molar-refractivity contribution is -0.140. The highest BCUT2D eigenvalue weighted by Gasteiger charge is 2.56. The quantitative estimate of drug-likeness (QED) is 0.390. The molecule has 4 atom stereocenters. The summed E-state index contributed by atoms with van der Waals surface area (Å²) >= 11 is 0. The van der Waals surface area contributed by atoms with E-state index in [1.54, 1.807) is 26.0 Å². The summed E-state index contributed by atoms with van der Waals surface area (Å²) in [4.78, 5) is 55.2. The molecule has 1 N–H and O–H groups in total. The topological polar surface area (TPSA) is 91.8 Å². The van der Waals surface area contributed by atoms with Crippen LogP contribution >= 0.6 is 0 Å². The molecule has 6 rings (SSSR count). The maximum absolute atomic E-state index is 13.8. The predicted octanol–water partition coefficient (Wildman–Crippen LogP) is 4.33. The van der Waals surface area contributed by atoms with Crippen molar-refractivity contribution in [3.63, 3.8) is 0 Å². The van der Waals surface area contributed by atoms with Crippen molar-refractivity contribution in [2.24, 2.45) is 17.8 Å². The number of fused-ring (bicyclic) bond motifs is 3. The first-order valence-electron chi connectivity index (χ1n) is 12.6. The van der Waals surface area contributed by atoms with Gasteiger partial charge in [-0.05, 0) is 61.4 Å². The Labute approximate surface area is 215 Å². The van der Waals surface area contributed by atoms with Gasteiger partial charge in [-0.3, -0.25) is 24.1 Å². The van der Waals surface area contributed by atoms with Gasteiger partial charge in [0.25, 0.3) is 0 Å². The second kappa shape index (κ2) is 8.51. The van der Waals surface area contributed by atoms with Crippen molar-refractivity contribution < 1.29 is 24.3 Å². The number of carbonyl (C=O) groups excluding carboxylic acids is 4. The molecule has 1 aliphatic heterocycles. The van der Waals surface area contributed by atoms with E-state index >= 15 is 0 Å². The van der Waals surface area contributed by atoms with Crippen LogP contribution in [0.3, 0.4) is 0 Å². The molecule has 4 aliphatic rings. The molecule has 2 aromatic carbocycles. The van der Waals surface area contributed by atoms with Crippen LogP contribution in [-0.2, 0) is 25.7 Å². The van der Waals surface area contributed by atoms with E-state index < -0.39 is 17.8 Å². The van der Waals surface area contributed by atoms with Crippen molar-refractivity contribution in [2.75, 3.05) is 0 Å². The number of benzene rings is 2. The number of amides is 2. The molecule has 0 aromatic heterocycles. The maximum atomic E-state index is 13.8. The molecule has 6 nitrogen and oxygen atoms in total. The minimum absolute atomic E-state index is 0.151. The van der Waals surface area contributed by atoms with Crippen molar-refractivity contribution in [3.8, 4) is 5.75 Å². The smallest absolute Gasteiger partial charge is 0.234 e. The first kappa shape index (κ1) is 23.3. The molecule has 6 heteroatoms. The molecule has 0 unspecified atom stereocenters. The SMILES string of the molecule is CC1=CC(=O)C2=C(C1=O)[C@@H](c1ccc(O)c(C)c1)C1=CC[C@@H]3C(=O)N(Cc4ccccc4)C(=O)[C@@H]3[C@@H]1C2. The average Bonchev–Trinajstić information content (AvgIpc) is 3.13. The molecule has 186 valence electrons. The van der Waals surface area contributed by atoms with E-state index in [2.05, 4.69) is 0 Å². The Morgan fingerprint density at radius 1 is 0.946 bits per heavy atom. The van der Waals surface area contributed by atoms with Crippen LogP contribution in [0.25, 0.3) is 0 Å². The number of aryl methyl sites for hydroxylation is 1. The van der Waals surface area contributed by atoms with Crippen LogP contribution in [0.4, 0.5) is 0 Å². The number of Topliss-reactive ketones (excluding diaryl/α,β-unsaturated/α-hetero) is 1. The van der Waals surface area contributed by atoms with Gasteiger partial charge in [0, 0.05) is 22.6 Å². The summed E-state index contributed by atoms with van der Waals surface area (Å²) in [6, 6.07) is 14.7. The number of allylic oxidation sites excluding steroid dienone is 6. The fraction of sp³-hybridized carbons (Fsp3) is 0.290. The van der Waals surface area contributed by atoms with Crippen molar-refractivity contribution in [3.05, 3.63) is 99.7 Å². The van der Waals surface area contributed by atoms with Gasteiger partial charge >= 0.3 is 0 Å². The van der Waals surface area contributed by atoms with Crippen molar-refractivity contribution in [1.29, 1.82) is 0 Å². The van der Waals surface area contributed by atoms with Gasteiger partial charge in [0.2, 0.25) is 11.8 Å². The molecule has 37 heavy (non-hydrogen) atoms. The number of phenols is 1. The molecule has 0 bridgehead atoms. The van der Waals surface area contributed by atoms with Crippen molar-refractivity contribution >= 4 is 23.4 Å². The summed E-state index contributed by atoms with van der Waals surface area (Å²) in [6.45, 7) is 3.67. The minimum Gasteiger partial charge on any atom is -0.508 e. The van der Waals surface area contributed by atoms with E-state index in [1.165, 1.54) is 11.0 Å². The van der Waals surface area contributed by atoms with Gasteiger partial charge in [-0.2, -0.15) is 0 Å². The molecule has 0 saturated carbocycles. The molecule has 0 spiro atoms. The normalized spacial score (nSPS) is 27.0. The summed E-state index contributed by atoms with van der Waals surface area (Å²) in [5, 5.41) is 10.1. The van der Waals surface area contributed by atoms with E-state index in [-0.39, 0.29) is 48.0 Å². The van der Waals surface area contributed by atoms with Crippen LogP contribution in [0.2, 0.25) is 0 Å². The zero-order chi connectivity index (χ0) is 26.0. The molecule has 3 aliphatic carbocycles. The first-order valence-corrected chi connectivity index (χ1v) is 12.6. The molecule has 1 saturated heterocycles. The molecule has 2 aromatic rings. The second-order valence-corrected chi connectivity index (χ2v) is 10.5. The Hall–Kier alpha value is -4.06. The lowest BCUT2D eigenvalue weighted by atomic mass is 9.59. The highest BCUT2D eigenvalue weighted by molar-refractivity contribution is 6.23. The zero-order valence-electron chi connectivity index (χ0n) is 20.7. The fourth-order valence-electron chi connectivity index (χ4n) is 6.59. The number of ketones is 2. The van der Waals surface area contributed by atoms with Crippen LogP contribution in [0.1, 0.15) is 42.4 Å². The van der Waals surface area contributed by atoms with Gasteiger partial charge in [0.05, 0.1) is 18.4 Å². The summed E-state index contributed by atoms with van der Waals surface area (Å²) < 4.78 is 0. The zero-order valence-corrected chi connectivity index (χ0v) is 20.7. The minimum atomic E-state index is -0.569. The van der Waals surface area contributed by atoms with Crippen LogP contribution in [0.5, 0.6) is 5.75 Å². The lowest BCUT2D eigenvalue weighted by Gasteiger charge is -2.42. The second-order valence-electron chi connectivity index (χ2n) is 10.5. The third kappa shape index (κ3) is 3.54. The standard InChI is InChI=1S/C31H27NO5/c1-16-12-19(8-11-24(16)33)26-20-9-10-21-27(22(20)14-23-25(34)13-17(2)29(35)28(23)26)31(37)32(30(21)36)15-18-6-4-3-5-7-18/h3-9,11-13,21-22,26-27,33H,10,14-15H2,1-2H3/t21-,22+,26-,27-/m0/s1. The van der Waals surface area contributed by atoms with Gasteiger partial charge in [0.15, 0.2) is 11.6 Å². The average molecular weight is 494 g/mol. The highest BCUT2D eigenvalue weighted by atomic mass is 16.3. The van der Waals surface area contributed by atoms with E-state index in [4.69, 9.17) is 0 Å². The molecule has 0 radical (unpaired) electrons. The number of rotatable bonds is 3. The van der Waals surface area contributed by atoms with E-state index in [0.717, 1.165) is 16.7 Å². The molecule has 2 amide bonds. The third-order valence-electron chi connectivity index (χ3n) is 8.39. The maximum Gasteiger partial charge on any atom is 0.234 e. The monoisotopic (exact) mass is 493 g/mol. The number of phenolic OH excluding ortho intramolecular Hbond substituents is 1. The number of likely N-dealkylation sites (tertiary alicyclic amines) is 1. The predicted molar refractivity (Wildman–Crippen MR) is 136 cm³/mol. The molecular formula is C31H27NO5. The summed E-state index contributed by atoms with van der Waals surface area (Å²) in [7, 11) is 0. The van der Waals surface area contributed by atoms with Gasteiger partial charge < -0.3 is 5.11 Å². The molecular weight excluding hydrogens is 466 g/mol. The van der Waals surface area contributed by atoms with Crippen LogP contribution in [0, 0.1) is 24.7 Å². The Bertz CT molecular complexity index is 1480. The Kier molecular flexibility index (Phi) is 5.37. The first-order chi connectivity index (χ1) is 17.8. The number of nitrogens with zero attached hydrogens (tertiary/aromatic N) is 1. The van der Waals surface area contributed by atoms with E-state index in [0.29, 0.717) is 28.7 Å². The molecule has 1 heterocycles. The van der Waals surface area contributed by atoms with Crippen LogP contribution in [0.15, 0.2) is 83.0 Å². The van der Waals surface area contributed by atoms with Gasteiger partial charge in [0.1, 0.15) is 5.75 Å². The highest BCUT2D eigenvalue weighted by Crippen LogP contribution is 2.55. The van der Waals surface area contributed by atoms with Gasteiger partial charge in [-0.1, -0.05) is 54.1 Å². The number of aromatic hydroxyl groups is 1. The van der Waals surface area contributed by atoms with Crippen molar-refractivity contribution in [2.45, 2.75) is 39.2 Å².